The van der Waals surface area contributed by atoms with Crippen LogP contribution in [0.2, 0.25) is 0 Å². The Morgan fingerprint density at radius 2 is 1.82 bits per heavy atom. The number of methoxy groups -OCH3 is 1. The molecular formula is C27H30N2O4S. The number of hydrogen-bond acceptors (Lipinski definition) is 5. The maximum Gasteiger partial charge on any atom is 0.410 e. The number of carbonyl (C=O) groups is 1. The standard InChI is InChI=1S/C27H30N2O4S/c1-7-20(29(5)26(31)33-27(2,3)4)16-8-10-17(11-9-16)22-21(32-6)13-12-19-23(22)18-14-15-34-24(18)25(30)28-19/h8-15,20H,7H2,1-6H3,(H,28,30)/t20-/m0/s1. The first-order chi connectivity index (χ1) is 16.1. The molecule has 1 amide bonds. The summed E-state index contributed by atoms with van der Waals surface area (Å²) in [4.78, 5) is 29.8. The Kier molecular flexibility index (Phi) is 6.41. The van der Waals surface area contributed by atoms with Crippen LogP contribution in [0, 0.1) is 0 Å². The Balaban J connectivity index is 1.78. The van der Waals surface area contributed by atoms with Crippen LogP contribution in [0.1, 0.15) is 45.7 Å². The highest BCUT2D eigenvalue weighted by Crippen LogP contribution is 2.40. The van der Waals surface area contributed by atoms with Crippen molar-refractivity contribution in [3.05, 3.63) is 63.8 Å². The largest absolute Gasteiger partial charge is 0.496 e. The average molecular weight is 479 g/mol. The van der Waals surface area contributed by atoms with Crippen molar-refractivity contribution in [2.24, 2.45) is 0 Å². The van der Waals surface area contributed by atoms with E-state index in [1.54, 1.807) is 19.1 Å². The molecule has 1 atom stereocenters. The summed E-state index contributed by atoms with van der Waals surface area (Å²) in [6.07, 6.45) is 0.409. The maximum atomic E-state index is 12.6. The number of H-pyrrole nitrogens is 1. The van der Waals surface area contributed by atoms with E-state index in [1.165, 1.54) is 11.3 Å². The smallest absolute Gasteiger partial charge is 0.410 e. The van der Waals surface area contributed by atoms with Crippen molar-refractivity contribution >= 4 is 38.4 Å². The van der Waals surface area contributed by atoms with Crippen LogP contribution in [0.25, 0.3) is 32.1 Å². The van der Waals surface area contributed by atoms with Gasteiger partial charge in [-0.05, 0) is 61.9 Å². The number of nitrogens with one attached hydrogen (secondary N) is 1. The molecule has 0 unspecified atom stereocenters. The van der Waals surface area contributed by atoms with E-state index in [9.17, 15) is 9.59 Å². The van der Waals surface area contributed by atoms with Crippen LogP contribution in [-0.2, 0) is 4.74 Å². The van der Waals surface area contributed by atoms with Crippen LogP contribution in [-0.4, -0.2) is 35.7 Å². The van der Waals surface area contributed by atoms with Gasteiger partial charge >= 0.3 is 6.09 Å². The average Bonchev–Trinajstić information content (AvgIpc) is 3.29. The summed E-state index contributed by atoms with van der Waals surface area (Å²) < 4.78 is 12.0. The molecule has 2 aromatic carbocycles. The molecule has 0 spiro atoms. The predicted octanol–water partition coefficient (Wildman–Crippen LogP) is 6.74. The molecule has 4 rings (SSSR count). The molecule has 1 N–H and O–H groups in total. The van der Waals surface area contributed by atoms with Gasteiger partial charge in [-0.1, -0.05) is 31.2 Å². The quantitative estimate of drug-likeness (QED) is 0.345. The van der Waals surface area contributed by atoms with Crippen LogP contribution < -0.4 is 10.3 Å². The zero-order chi connectivity index (χ0) is 24.6. The lowest BCUT2D eigenvalue weighted by atomic mass is 9.94. The van der Waals surface area contributed by atoms with E-state index in [2.05, 4.69) is 11.9 Å². The second-order valence-electron chi connectivity index (χ2n) is 9.32. The number of fused-ring (bicyclic) bond motifs is 3. The number of pyridine rings is 1. The molecule has 0 saturated heterocycles. The van der Waals surface area contributed by atoms with Crippen LogP contribution in [0.3, 0.4) is 0 Å². The summed E-state index contributed by atoms with van der Waals surface area (Å²) >= 11 is 1.43. The number of thiophene rings is 1. The monoisotopic (exact) mass is 478 g/mol. The summed E-state index contributed by atoms with van der Waals surface area (Å²) in [5.41, 5.74) is 3.06. The van der Waals surface area contributed by atoms with Gasteiger partial charge in [-0.15, -0.1) is 11.3 Å². The van der Waals surface area contributed by atoms with Crippen molar-refractivity contribution in [1.82, 2.24) is 9.88 Å². The Morgan fingerprint density at radius 1 is 1.12 bits per heavy atom. The number of ether oxygens (including phenoxy) is 2. The summed E-state index contributed by atoms with van der Waals surface area (Å²) in [5.74, 6) is 0.734. The Hall–Kier alpha value is -3.32. The summed E-state index contributed by atoms with van der Waals surface area (Å²) in [6.45, 7) is 7.65. The third kappa shape index (κ3) is 4.40. The third-order valence-electron chi connectivity index (χ3n) is 5.90. The normalized spacial score (nSPS) is 12.6. The molecule has 2 heterocycles. The molecule has 6 nitrogen and oxygen atoms in total. The summed E-state index contributed by atoms with van der Waals surface area (Å²) in [6, 6.07) is 13.8. The Morgan fingerprint density at radius 3 is 2.44 bits per heavy atom. The highest BCUT2D eigenvalue weighted by atomic mass is 32.1. The minimum atomic E-state index is -0.549. The molecule has 2 aromatic heterocycles. The molecule has 0 aliphatic rings. The van der Waals surface area contributed by atoms with E-state index in [-0.39, 0.29) is 17.7 Å². The maximum absolute atomic E-state index is 12.6. The highest BCUT2D eigenvalue weighted by molar-refractivity contribution is 7.17. The molecular weight excluding hydrogens is 448 g/mol. The topological polar surface area (TPSA) is 71.6 Å². The van der Waals surface area contributed by atoms with Gasteiger partial charge in [0.1, 0.15) is 16.1 Å². The number of rotatable bonds is 5. The number of benzene rings is 2. The van der Waals surface area contributed by atoms with Gasteiger partial charge in [0.25, 0.3) is 5.56 Å². The molecule has 0 bridgehead atoms. The van der Waals surface area contributed by atoms with Crippen LogP contribution in [0.15, 0.2) is 52.6 Å². The van der Waals surface area contributed by atoms with Crippen LogP contribution >= 0.6 is 11.3 Å². The van der Waals surface area contributed by atoms with Crippen molar-refractivity contribution in [2.45, 2.75) is 45.8 Å². The highest BCUT2D eigenvalue weighted by Gasteiger charge is 2.25. The van der Waals surface area contributed by atoms with Gasteiger partial charge in [-0.3, -0.25) is 4.79 Å². The van der Waals surface area contributed by atoms with Gasteiger partial charge in [0.2, 0.25) is 0 Å². The van der Waals surface area contributed by atoms with Gasteiger partial charge in [-0.2, -0.15) is 0 Å². The summed E-state index contributed by atoms with van der Waals surface area (Å²) in [5, 5.41) is 3.81. The van der Waals surface area contributed by atoms with E-state index in [4.69, 9.17) is 9.47 Å². The van der Waals surface area contributed by atoms with Crippen LogP contribution in [0.4, 0.5) is 4.79 Å². The predicted molar refractivity (Wildman–Crippen MR) is 139 cm³/mol. The minimum absolute atomic E-state index is 0.0834. The third-order valence-corrected chi connectivity index (χ3v) is 6.81. The lowest BCUT2D eigenvalue weighted by molar-refractivity contribution is 0.0215. The number of aromatic amines is 1. The molecule has 0 saturated carbocycles. The van der Waals surface area contributed by atoms with E-state index < -0.39 is 5.60 Å². The fourth-order valence-electron chi connectivity index (χ4n) is 4.35. The lowest BCUT2D eigenvalue weighted by Crippen LogP contribution is -2.36. The van der Waals surface area contributed by atoms with Crippen molar-refractivity contribution in [2.75, 3.05) is 14.2 Å². The first-order valence-electron chi connectivity index (χ1n) is 11.3. The molecule has 0 radical (unpaired) electrons. The van der Waals surface area contributed by atoms with Crippen molar-refractivity contribution in [3.8, 4) is 16.9 Å². The molecule has 0 aliphatic carbocycles. The number of aromatic nitrogens is 1. The number of carbonyl (C=O) groups excluding carboxylic acids is 1. The SMILES string of the molecule is CC[C@@H](c1ccc(-c2c(OC)ccc3[nH]c(=O)c4sccc4c23)cc1)N(C)C(=O)OC(C)(C)C. The van der Waals surface area contributed by atoms with Crippen molar-refractivity contribution < 1.29 is 14.3 Å². The number of nitrogens with zero attached hydrogens (tertiary/aromatic N) is 1. The fraction of sp³-hybridized carbons (Fsp3) is 0.333. The molecule has 0 fully saturated rings. The molecule has 7 heteroatoms. The van der Waals surface area contributed by atoms with Gasteiger partial charge in [0.05, 0.1) is 13.2 Å². The second kappa shape index (κ2) is 9.14. The molecule has 4 aromatic rings. The van der Waals surface area contributed by atoms with Crippen LogP contribution in [0.5, 0.6) is 5.75 Å². The van der Waals surface area contributed by atoms with Crippen molar-refractivity contribution in [3.63, 3.8) is 0 Å². The van der Waals surface area contributed by atoms with Gasteiger partial charge in [0.15, 0.2) is 0 Å². The van der Waals surface area contributed by atoms with E-state index in [0.29, 0.717) is 4.70 Å². The first-order valence-corrected chi connectivity index (χ1v) is 12.2. The van der Waals surface area contributed by atoms with Gasteiger partial charge in [-0.25, -0.2) is 4.79 Å². The van der Waals surface area contributed by atoms with Gasteiger partial charge < -0.3 is 19.4 Å². The van der Waals surface area contributed by atoms with Gasteiger partial charge in [0, 0.05) is 28.9 Å². The lowest BCUT2D eigenvalue weighted by Gasteiger charge is -2.30. The summed E-state index contributed by atoms with van der Waals surface area (Å²) in [7, 11) is 3.42. The first kappa shape index (κ1) is 23.8. The zero-order valence-electron chi connectivity index (χ0n) is 20.4. The van der Waals surface area contributed by atoms with E-state index >= 15 is 0 Å². The molecule has 178 valence electrons. The molecule has 0 aliphatic heterocycles. The number of amides is 1. The van der Waals surface area contributed by atoms with E-state index in [0.717, 1.165) is 45.1 Å². The fourth-order valence-corrected chi connectivity index (χ4v) is 5.15. The molecule has 34 heavy (non-hydrogen) atoms. The van der Waals surface area contributed by atoms with E-state index in [1.807, 2.05) is 68.6 Å². The van der Waals surface area contributed by atoms with Crippen molar-refractivity contribution in [1.29, 1.82) is 0 Å². The number of hydrogen-bond donors (Lipinski definition) is 1. The Bertz CT molecular complexity index is 1400. The minimum Gasteiger partial charge on any atom is -0.496 e. The Labute approximate surface area is 203 Å². The zero-order valence-corrected chi connectivity index (χ0v) is 21.2. The second-order valence-corrected chi connectivity index (χ2v) is 10.2.